The van der Waals surface area contributed by atoms with Gasteiger partial charge in [-0.25, -0.2) is 0 Å². The quantitative estimate of drug-likeness (QED) is 0.511. The van der Waals surface area contributed by atoms with Crippen LogP contribution in [0, 0.1) is 0 Å². The molecule has 1 aliphatic carbocycles. The molecule has 4 rings (SSSR count). The number of amides is 2. The number of carbonyl (C=O) groups is 2. The number of ether oxygens (including phenoxy) is 3. The smallest absolute Gasteiger partial charge is 0.250 e. The second kappa shape index (κ2) is 11.5. The van der Waals surface area contributed by atoms with E-state index < -0.39 is 6.04 Å². The number of hydrogen-bond acceptors (Lipinski definition) is 5. The lowest BCUT2D eigenvalue weighted by molar-refractivity contribution is -0.159. The fourth-order valence-corrected chi connectivity index (χ4v) is 5.28. The van der Waals surface area contributed by atoms with Crippen LogP contribution in [0.15, 0.2) is 42.5 Å². The van der Waals surface area contributed by atoms with Crippen LogP contribution < -0.4 is 14.2 Å². The summed E-state index contributed by atoms with van der Waals surface area (Å²) in [6.45, 7) is 2.82. The maximum atomic E-state index is 14.1. The van der Waals surface area contributed by atoms with Gasteiger partial charge in [-0.2, -0.15) is 0 Å². The minimum absolute atomic E-state index is 0.0300. The maximum Gasteiger partial charge on any atom is 0.250 e. The van der Waals surface area contributed by atoms with Crippen molar-refractivity contribution in [2.45, 2.75) is 64.1 Å². The van der Waals surface area contributed by atoms with Gasteiger partial charge in [0.05, 0.1) is 27.4 Å². The lowest BCUT2D eigenvalue weighted by Crippen LogP contribution is -2.57. The zero-order valence-corrected chi connectivity index (χ0v) is 21.0. The number of rotatable bonds is 8. The summed E-state index contributed by atoms with van der Waals surface area (Å²) in [6, 6.07) is 12.5. The summed E-state index contributed by atoms with van der Waals surface area (Å²) in [5, 5.41) is 0. The van der Waals surface area contributed by atoms with Crippen LogP contribution >= 0.6 is 0 Å². The lowest BCUT2D eigenvalue weighted by Gasteiger charge is -2.43. The Labute approximate surface area is 207 Å². The number of nitrogens with zero attached hydrogens (tertiary/aromatic N) is 2. The van der Waals surface area contributed by atoms with Crippen molar-refractivity contribution in [2.75, 3.05) is 27.4 Å². The highest BCUT2D eigenvalue weighted by Gasteiger charge is 2.43. The monoisotopic (exact) mass is 480 g/mol. The third-order valence-electron chi connectivity index (χ3n) is 7.06. The van der Waals surface area contributed by atoms with Crippen LogP contribution in [0.3, 0.4) is 0 Å². The molecule has 1 heterocycles. The zero-order chi connectivity index (χ0) is 24.8. The number of carbonyl (C=O) groups excluding carboxylic acids is 2. The Morgan fingerprint density at radius 3 is 2.29 bits per heavy atom. The average molecular weight is 481 g/mol. The molecule has 35 heavy (non-hydrogen) atoms. The van der Waals surface area contributed by atoms with E-state index in [0.29, 0.717) is 23.9 Å². The molecule has 0 bridgehead atoms. The summed E-state index contributed by atoms with van der Waals surface area (Å²) in [4.78, 5) is 31.2. The Morgan fingerprint density at radius 1 is 0.886 bits per heavy atom. The topological polar surface area (TPSA) is 68.3 Å². The zero-order valence-electron chi connectivity index (χ0n) is 21.0. The van der Waals surface area contributed by atoms with Crippen LogP contribution in [0.2, 0.25) is 0 Å². The van der Waals surface area contributed by atoms with Crippen LogP contribution in [0.4, 0.5) is 0 Å². The third-order valence-corrected chi connectivity index (χ3v) is 7.06. The van der Waals surface area contributed by atoms with Gasteiger partial charge in [-0.05, 0) is 43.5 Å². The van der Waals surface area contributed by atoms with Gasteiger partial charge in [-0.1, -0.05) is 49.9 Å². The molecule has 0 N–H and O–H groups in total. The highest BCUT2D eigenvalue weighted by molar-refractivity contribution is 5.96. The van der Waals surface area contributed by atoms with Gasteiger partial charge in [0, 0.05) is 11.6 Å². The molecule has 0 spiro atoms. The molecule has 0 aromatic heterocycles. The van der Waals surface area contributed by atoms with Gasteiger partial charge in [0.1, 0.15) is 18.3 Å². The second-order valence-corrected chi connectivity index (χ2v) is 9.19. The second-order valence-electron chi connectivity index (χ2n) is 9.19. The van der Waals surface area contributed by atoms with Crippen LogP contribution in [0.5, 0.6) is 17.2 Å². The van der Waals surface area contributed by atoms with E-state index in [9.17, 15) is 9.59 Å². The first-order valence-electron chi connectivity index (χ1n) is 12.6. The molecule has 7 heteroatoms. The van der Waals surface area contributed by atoms with Crippen molar-refractivity contribution in [3.05, 3.63) is 53.6 Å². The Kier molecular flexibility index (Phi) is 8.16. The molecule has 1 saturated heterocycles. The molecule has 7 nitrogen and oxygen atoms in total. The van der Waals surface area contributed by atoms with Crippen LogP contribution in [0.1, 0.15) is 62.6 Å². The molecule has 1 atom stereocenters. The number of hydrogen-bond donors (Lipinski definition) is 0. The predicted molar refractivity (Wildman–Crippen MR) is 134 cm³/mol. The van der Waals surface area contributed by atoms with E-state index in [1.807, 2.05) is 54.3 Å². The van der Waals surface area contributed by atoms with E-state index in [1.165, 1.54) is 12.8 Å². The van der Waals surface area contributed by atoms with Crippen molar-refractivity contribution >= 4 is 11.8 Å². The Morgan fingerprint density at radius 2 is 1.60 bits per heavy atom. The first kappa shape index (κ1) is 24.9. The van der Waals surface area contributed by atoms with Crippen molar-refractivity contribution in [3.63, 3.8) is 0 Å². The number of benzene rings is 2. The van der Waals surface area contributed by atoms with Gasteiger partial charge in [0.25, 0.3) is 5.91 Å². The fourth-order valence-electron chi connectivity index (χ4n) is 5.28. The van der Waals surface area contributed by atoms with E-state index >= 15 is 0 Å². The first-order chi connectivity index (χ1) is 17.1. The minimum Gasteiger partial charge on any atom is -0.496 e. The molecule has 2 amide bonds. The van der Waals surface area contributed by atoms with Crippen molar-refractivity contribution in [1.29, 1.82) is 0 Å². The van der Waals surface area contributed by atoms with Crippen molar-refractivity contribution in [3.8, 4) is 17.2 Å². The number of para-hydroxylation sites is 1. The van der Waals surface area contributed by atoms with Crippen LogP contribution in [-0.4, -0.2) is 55.0 Å². The molecule has 2 aromatic rings. The highest BCUT2D eigenvalue weighted by Crippen LogP contribution is 2.37. The van der Waals surface area contributed by atoms with Crippen LogP contribution in [-0.2, 0) is 16.1 Å². The summed E-state index contributed by atoms with van der Waals surface area (Å²) >= 11 is 0. The summed E-state index contributed by atoms with van der Waals surface area (Å²) in [6.07, 6.45) is 6.46. The fraction of sp³-hybridized carbons (Fsp3) is 0.500. The van der Waals surface area contributed by atoms with E-state index in [4.69, 9.17) is 14.2 Å². The highest BCUT2D eigenvalue weighted by atomic mass is 16.5. The van der Waals surface area contributed by atoms with E-state index in [1.54, 1.807) is 19.1 Å². The molecular formula is C28H36N2O5. The summed E-state index contributed by atoms with van der Waals surface area (Å²) in [7, 11) is 3.20. The Hall–Kier alpha value is -3.22. The largest absolute Gasteiger partial charge is 0.496 e. The van der Waals surface area contributed by atoms with E-state index in [0.717, 1.165) is 36.8 Å². The van der Waals surface area contributed by atoms with Crippen LogP contribution in [0.25, 0.3) is 0 Å². The van der Waals surface area contributed by atoms with Gasteiger partial charge >= 0.3 is 0 Å². The summed E-state index contributed by atoms with van der Waals surface area (Å²) in [5.41, 5.74) is 1.58. The first-order valence-corrected chi connectivity index (χ1v) is 12.6. The van der Waals surface area contributed by atoms with Gasteiger partial charge < -0.3 is 24.0 Å². The molecule has 2 aromatic carbocycles. The molecule has 1 aliphatic heterocycles. The van der Waals surface area contributed by atoms with Gasteiger partial charge in [0.2, 0.25) is 5.91 Å². The maximum absolute atomic E-state index is 14.1. The normalized spacial score (nSPS) is 19.5. The Balaban J connectivity index is 1.73. The number of methoxy groups -OCH3 is 2. The summed E-state index contributed by atoms with van der Waals surface area (Å²) < 4.78 is 16.8. The lowest BCUT2D eigenvalue weighted by atomic mass is 9.96. The van der Waals surface area contributed by atoms with Gasteiger partial charge in [0.15, 0.2) is 11.5 Å². The molecule has 0 radical (unpaired) electrons. The molecule has 2 aliphatic rings. The summed E-state index contributed by atoms with van der Waals surface area (Å²) in [5.74, 6) is 1.77. The Bertz CT molecular complexity index is 1030. The van der Waals surface area contributed by atoms with Crippen molar-refractivity contribution in [2.24, 2.45) is 0 Å². The molecule has 188 valence electrons. The van der Waals surface area contributed by atoms with Gasteiger partial charge in [-0.15, -0.1) is 0 Å². The predicted octanol–water partition coefficient (Wildman–Crippen LogP) is 4.74. The molecule has 0 unspecified atom stereocenters. The van der Waals surface area contributed by atoms with Crippen molar-refractivity contribution in [1.82, 2.24) is 9.80 Å². The van der Waals surface area contributed by atoms with E-state index in [2.05, 4.69) is 0 Å². The molecular weight excluding hydrogens is 444 g/mol. The standard InChI is InChI=1S/C28H36N2O5/c1-4-35-24-16-15-20(17-25(24)34-3)27-28(32)29(22-12-7-5-6-8-13-22)19-26(31)30(27)18-21-11-9-10-14-23(21)33-2/h9-11,14-17,22,27H,4-8,12-13,18-19H2,1-3H3/t27-/m1/s1. The van der Waals surface area contributed by atoms with E-state index in [-0.39, 0.29) is 30.9 Å². The molecule has 1 saturated carbocycles. The minimum atomic E-state index is -0.742. The third kappa shape index (κ3) is 5.39. The number of piperazine rings is 1. The molecule has 2 fully saturated rings. The SMILES string of the molecule is CCOc1ccc([C@@H]2C(=O)N(C3CCCCCC3)CC(=O)N2Cc2ccccc2OC)cc1OC. The van der Waals surface area contributed by atoms with Crippen molar-refractivity contribution < 1.29 is 23.8 Å². The average Bonchev–Trinajstić information content (AvgIpc) is 3.16. The van der Waals surface area contributed by atoms with Gasteiger partial charge in [-0.3, -0.25) is 9.59 Å².